The molecule has 2 N–H and O–H groups in total. The van der Waals surface area contributed by atoms with Crippen LogP contribution in [0.25, 0.3) is 0 Å². The summed E-state index contributed by atoms with van der Waals surface area (Å²) in [5, 5.41) is 5.52. The minimum atomic E-state index is -0.697. The number of halogens is 1. The van der Waals surface area contributed by atoms with Crippen LogP contribution in [0.2, 0.25) is 0 Å². The highest BCUT2D eigenvalue weighted by Crippen LogP contribution is 2.16. The Morgan fingerprint density at radius 3 is 2.43 bits per heavy atom. The first-order valence-corrected chi connectivity index (χ1v) is 9.61. The average Bonchev–Trinajstić information content (AvgIpc) is 2.66. The molecule has 0 radical (unpaired) electrons. The van der Waals surface area contributed by atoms with Crippen molar-refractivity contribution >= 4 is 17.9 Å². The van der Waals surface area contributed by atoms with E-state index in [-0.39, 0.29) is 35.9 Å². The number of nitrogens with one attached hydrogen (secondary N) is 2. The number of carbonyl (C=O) groups excluding carboxylic acids is 3. The van der Waals surface area contributed by atoms with Gasteiger partial charge in [0, 0.05) is 19.1 Å². The molecule has 0 aromatic heterocycles. The third-order valence-electron chi connectivity index (χ3n) is 4.73. The van der Waals surface area contributed by atoms with Crippen molar-refractivity contribution in [2.75, 3.05) is 19.7 Å². The topological polar surface area (TPSA) is 87.7 Å². The molecule has 1 aromatic rings. The molecule has 154 valence electrons. The van der Waals surface area contributed by atoms with Crippen LogP contribution in [0.5, 0.6) is 0 Å². The van der Waals surface area contributed by atoms with E-state index in [2.05, 4.69) is 10.6 Å². The Labute approximate surface area is 164 Å². The quantitative estimate of drug-likeness (QED) is 0.776. The van der Waals surface area contributed by atoms with E-state index in [9.17, 15) is 18.8 Å². The van der Waals surface area contributed by atoms with Gasteiger partial charge in [0.05, 0.1) is 12.2 Å². The number of benzene rings is 1. The summed E-state index contributed by atoms with van der Waals surface area (Å²) in [6.45, 7) is 6.46. The van der Waals surface area contributed by atoms with E-state index in [0.29, 0.717) is 25.9 Å². The molecular formula is C20H28FN3O4. The normalized spacial score (nSPS) is 15.8. The molecule has 1 fully saturated rings. The molecule has 0 bridgehead atoms. The van der Waals surface area contributed by atoms with Crippen molar-refractivity contribution < 1.29 is 23.5 Å². The zero-order chi connectivity index (χ0) is 20.7. The van der Waals surface area contributed by atoms with Gasteiger partial charge in [0.25, 0.3) is 5.91 Å². The Balaban J connectivity index is 1.88. The van der Waals surface area contributed by atoms with E-state index in [1.54, 1.807) is 24.0 Å². The SMILES string of the molecule is CCOC(=O)NC(C(=O)NC1CCN(C(=O)c2ccccc2F)CC1)C(C)C. The second-order valence-electron chi connectivity index (χ2n) is 7.14. The van der Waals surface area contributed by atoms with Crippen LogP contribution in [0, 0.1) is 11.7 Å². The van der Waals surface area contributed by atoms with Gasteiger partial charge in [-0.15, -0.1) is 0 Å². The van der Waals surface area contributed by atoms with Gasteiger partial charge in [0.1, 0.15) is 11.9 Å². The number of nitrogens with zero attached hydrogens (tertiary/aromatic N) is 1. The first-order valence-electron chi connectivity index (χ1n) is 9.61. The average molecular weight is 393 g/mol. The Hall–Kier alpha value is -2.64. The van der Waals surface area contributed by atoms with Crippen LogP contribution in [-0.4, -0.2) is 54.6 Å². The largest absolute Gasteiger partial charge is 0.450 e. The lowest BCUT2D eigenvalue weighted by atomic mass is 10.00. The molecule has 0 spiro atoms. The third kappa shape index (κ3) is 5.68. The van der Waals surface area contributed by atoms with Crippen molar-refractivity contribution in [1.29, 1.82) is 0 Å². The summed E-state index contributed by atoms with van der Waals surface area (Å²) >= 11 is 0. The highest BCUT2D eigenvalue weighted by atomic mass is 19.1. The van der Waals surface area contributed by atoms with Crippen LogP contribution in [0.15, 0.2) is 24.3 Å². The van der Waals surface area contributed by atoms with E-state index in [0.717, 1.165) is 0 Å². The molecule has 7 nitrogen and oxygen atoms in total. The van der Waals surface area contributed by atoms with Crippen LogP contribution in [-0.2, 0) is 9.53 Å². The Kier molecular flexibility index (Phi) is 7.78. The minimum absolute atomic E-state index is 0.0588. The molecular weight excluding hydrogens is 365 g/mol. The third-order valence-corrected chi connectivity index (χ3v) is 4.73. The van der Waals surface area contributed by atoms with Gasteiger partial charge in [0.2, 0.25) is 5.91 Å². The number of ether oxygens (including phenoxy) is 1. The summed E-state index contributed by atoms with van der Waals surface area (Å²) < 4.78 is 18.7. The fraction of sp³-hybridized carbons (Fsp3) is 0.550. The summed E-state index contributed by atoms with van der Waals surface area (Å²) in [7, 11) is 0. The van der Waals surface area contributed by atoms with E-state index in [1.165, 1.54) is 12.1 Å². The van der Waals surface area contributed by atoms with Crippen molar-refractivity contribution in [3.8, 4) is 0 Å². The monoisotopic (exact) mass is 393 g/mol. The van der Waals surface area contributed by atoms with Crippen LogP contribution in [0.3, 0.4) is 0 Å². The highest BCUT2D eigenvalue weighted by molar-refractivity contribution is 5.94. The van der Waals surface area contributed by atoms with Gasteiger partial charge in [-0.2, -0.15) is 0 Å². The van der Waals surface area contributed by atoms with E-state index >= 15 is 0 Å². The number of alkyl carbamates (subject to hydrolysis) is 1. The van der Waals surface area contributed by atoms with Crippen molar-refractivity contribution in [2.24, 2.45) is 5.92 Å². The smallest absolute Gasteiger partial charge is 0.407 e. The molecule has 1 aliphatic rings. The lowest BCUT2D eigenvalue weighted by Gasteiger charge is -2.33. The number of amides is 3. The lowest BCUT2D eigenvalue weighted by Crippen LogP contribution is -2.54. The summed E-state index contributed by atoms with van der Waals surface area (Å²) in [5.41, 5.74) is 0.0588. The van der Waals surface area contributed by atoms with Crippen molar-refractivity contribution in [1.82, 2.24) is 15.5 Å². The number of hydrogen-bond donors (Lipinski definition) is 2. The Morgan fingerprint density at radius 2 is 1.86 bits per heavy atom. The number of rotatable bonds is 6. The zero-order valence-electron chi connectivity index (χ0n) is 16.5. The van der Waals surface area contributed by atoms with Crippen LogP contribution < -0.4 is 10.6 Å². The van der Waals surface area contributed by atoms with Gasteiger partial charge < -0.3 is 20.3 Å². The number of piperidine rings is 1. The first kappa shape index (κ1) is 21.7. The van der Waals surface area contributed by atoms with E-state index in [1.807, 2.05) is 13.8 Å². The fourth-order valence-corrected chi connectivity index (χ4v) is 3.16. The molecule has 1 unspecified atom stereocenters. The van der Waals surface area contributed by atoms with Crippen LogP contribution >= 0.6 is 0 Å². The van der Waals surface area contributed by atoms with Gasteiger partial charge >= 0.3 is 6.09 Å². The predicted octanol–water partition coefficient (Wildman–Crippen LogP) is 2.32. The zero-order valence-corrected chi connectivity index (χ0v) is 16.5. The summed E-state index contributed by atoms with van der Waals surface area (Å²) in [5.74, 6) is -1.26. The minimum Gasteiger partial charge on any atom is -0.450 e. The molecule has 0 aliphatic carbocycles. The summed E-state index contributed by atoms with van der Waals surface area (Å²) in [6, 6.07) is 5.11. The second kappa shape index (κ2) is 10.1. The van der Waals surface area contributed by atoms with Crippen molar-refractivity contribution in [3.63, 3.8) is 0 Å². The Bertz CT molecular complexity index is 702. The Morgan fingerprint density at radius 1 is 1.21 bits per heavy atom. The molecule has 1 heterocycles. The maximum atomic E-state index is 13.8. The van der Waals surface area contributed by atoms with Crippen LogP contribution in [0.4, 0.5) is 9.18 Å². The summed E-state index contributed by atoms with van der Waals surface area (Å²) in [6.07, 6.45) is 0.508. The van der Waals surface area contributed by atoms with Gasteiger partial charge in [-0.25, -0.2) is 9.18 Å². The highest BCUT2D eigenvalue weighted by Gasteiger charge is 2.30. The summed E-state index contributed by atoms with van der Waals surface area (Å²) in [4.78, 5) is 38.3. The molecule has 2 rings (SSSR count). The molecule has 8 heteroatoms. The fourth-order valence-electron chi connectivity index (χ4n) is 3.16. The van der Waals surface area contributed by atoms with Gasteiger partial charge in [-0.3, -0.25) is 9.59 Å². The standard InChI is InChI=1S/C20H28FN3O4/c1-4-28-20(27)23-17(13(2)3)18(25)22-14-9-11-24(12-10-14)19(26)15-7-5-6-8-16(15)21/h5-8,13-14,17H,4,9-12H2,1-3H3,(H,22,25)(H,23,27). The van der Waals surface area contributed by atoms with Gasteiger partial charge in [0.15, 0.2) is 0 Å². The second-order valence-corrected chi connectivity index (χ2v) is 7.14. The van der Waals surface area contributed by atoms with E-state index < -0.39 is 18.0 Å². The maximum absolute atomic E-state index is 13.8. The number of carbonyl (C=O) groups is 3. The maximum Gasteiger partial charge on any atom is 0.407 e. The molecule has 1 aromatic carbocycles. The molecule has 1 saturated heterocycles. The predicted molar refractivity (Wildman–Crippen MR) is 102 cm³/mol. The molecule has 0 saturated carbocycles. The van der Waals surface area contributed by atoms with Crippen molar-refractivity contribution in [3.05, 3.63) is 35.6 Å². The molecule has 28 heavy (non-hydrogen) atoms. The molecule has 1 aliphatic heterocycles. The molecule has 1 atom stereocenters. The van der Waals surface area contributed by atoms with E-state index in [4.69, 9.17) is 4.74 Å². The molecule has 3 amide bonds. The van der Waals surface area contributed by atoms with Gasteiger partial charge in [-0.1, -0.05) is 26.0 Å². The van der Waals surface area contributed by atoms with Crippen molar-refractivity contribution in [2.45, 2.75) is 45.7 Å². The lowest BCUT2D eigenvalue weighted by molar-refractivity contribution is -0.125. The first-order chi connectivity index (χ1) is 13.3. The van der Waals surface area contributed by atoms with Crippen LogP contribution in [0.1, 0.15) is 44.0 Å². The van der Waals surface area contributed by atoms with Gasteiger partial charge in [-0.05, 0) is 37.8 Å². The number of hydrogen-bond acceptors (Lipinski definition) is 4. The number of likely N-dealkylation sites (tertiary alicyclic amines) is 1.